The van der Waals surface area contributed by atoms with E-state index >= 15 is 0 Å². The molecule has 0 aromatic heterocycles. The highest BCUT2D eigenvalue weighted by molar-refractivity contribution is 5.33. The molecule has 1 aromatic carbocycles. The molecule has 2 atom stereocenters. The zero-order valence-electron chi connectivity index (χ0n) is 13.4. The van der Waals surface area contributed by atoms with Crippen LogP contribution in [0.3, 0.4) is 0 Å². The van der Waals surface area contributed by atoms with E-state index in [4.69, 9.17) is 4.74 Å². The van der Waals surface area contributed by atoms with Crippen molar-refractivity contribution in [3.8, 4) is 5.75 Å². The maximum Gasteiger partial charge on any atom is 0.122 e. The van der Waals surface area contributed by atoms with Crippen molar-refractivity contribution in [3.05, 3.63) is 29.8 Å². The predicted octanol–water partition coefficient (Wildman–Crippen LogP) is 2.87. The van der Waals surface area contributed by atoms with Gasteiger partial charge in [0.2, 0.25) is 0 Å². The van der Waals surface area contributed by atoms with E-state index < -0.39 is 0 Å². The monoisotopic (exact) mass is 279 g/mol. The molecule has 0 heterocycles. The normalized spacial score (nSPS) is 14.6. The number of hydrogen-bond donors (Lipinski definition) is 2. The Bertz CT molecular complexity index is 390. The highest BCUT2D eigenvalue weighted by atomic mass is 16.5. The van der Waals surface area contributed by atoms with Crippen molar-refractivity contribution < 1.29 is 9.84 Å². The number of rotatable bonds is 8. The van der Waals surface area contributed by atoms with Gasteiger partial charge in [0.05, 0.1) is 13.2 Å². The van der Waals surface area contributed by atoms with E-state index in [1.54, 1.807) is 7.11 Å². The lowest BCUT2D eigenvalue weighted by Crippen LogP contribution is -2.41. The first kappa shape index (κ1) is 17.0. The van der Waals surface area contributed by atoms with E-state index in [2.05, 4.69) is 25.2 Å². The molecule has 2 unspecified atom stereocenters. The van der Waals surface area contributed by atoms with Gasteiger partial charge >= 0.3 is 0 Å². The van der Waals surface area contributed by atoms with Gasteiger partial charge in [0, 0.05) is 12.6 Å². The summed E-state index contributed by atoms with van der Waals surface area (Å²) < 4.78 is 5.41. The molecule has 0 amide bonds. The molecule has 1 rings (SSSR count). The summed E-state index contributed by atoms with van der Waals surface area (Å²) in [5, 5.41) is 13.4. The Hall–Kier alpha value is -1.06. The summed E-state index contributed by atoms with van der Waals surface area (Å²) >= 11 is 0. The fourth-order valence-corrected chi connectivity index (χ4v) is 2.16. The highest BCUT2D eigenvalue weighted by Crippen LogP contribution is 2.21. The summed E-state index contributed by atoms with van der Waals surface area (Å²) in [7, 11) is 1.71. The lowest BCUT2D eigenvalue weighted by molar-refractivity contribution is 0.117. The molecule has 1 aromatic rings. The van der Waals surface area contributed by atoms with Crippen LogP contribution in [0.5, 0.6) is 5.75 Å². The lowest BCUT2D eigenvalue weighted by atomic mass is 9.95. The number of benzene rings is 1. The second-order valence-corrected chi connectivity index (χ2v) is 6.09. The van der Waals surface area contributed by atoms with E-state index in [1.807, 2.05) is 32.0 Å². The summed E-state index contributed by atoms with van der Waals surface area (Å²) in [6.45, 7) is 9.12. The number of aliphatic hydroxyl groups is 1. The fourth-order valence-electron chi connectivity index (χ4n) is 2.16. The zero-order valence-corrected chi connectivity index (χ0v) is 13.4. The Morgan fingerprint density at radius 1 is 1.10 bits per heavy atom. The van der Waals surface area contributed by atoms with Crippen molar-refractivity contribution in [2.45, 2.75) is 46.3 Å². The van der Waals surface area contributed by atoms with Crippen LogP contribution in [0.15, 0.2) is 24.3 Å². The molecule has 3 nitrogen and oxygen atoms in total. The Morgan fingerprint density at radius 2 is 1.75 bits per heavy atom. The van der Waals surface area contributed by atoms with Crippen molar-refractivity contribution in [2.24, 2.45) is 11.8 Å². The SMILES string of the molecule is COc1ccccc1CC(NCC(O)C(C)C)C(C)C. The largest absolute Gasteiger partial charge is 0.496 e. The average Bonchev–Trinajstić information content (AvgIpc) is 2.42. The molecule has 0 fully saturated rings. The Labute approximate surface area is 123 Å². The maximum atomic E-state index is 9.94. The van der Waals surface area contributed by atoms with Crippen LogP contribution < -0.4 is 10.1 Å². The van der Waals surface area contributed by atoms with Gasteiger partial charge in [0.15, 0.2) is 0 Å². The van der Waals surface area contributed by atoms with Crippen molar-refractivity contribution in [2.75, 3.05) is 13.7 Å². The van der Waals surface area contributed by atoms with Crippen molar-refractivity contribution in [1.82, 2.24) is 5.32 Å². The number of methoxy groups -OCH3 is 1. The van der Waals surface area contributed by atoms with Crippen molar-refractivity contribution in [1.29, 1.82) is 0 Å². The van der Waals surface area contributed by atoms with Gasteiger partial charge in [-0.3, -0.25) is 0 Å². The van der Waals surface area contributed by atoms with E-state index in [0.717, 1.165) is 12.2 Å². The van der Waals surface area contributed by atoms with Crippen LogP contribution in [0.25, 0.3) is 0 Å². The van der Waals surface area contributed by atoms with Gasteiger partial charge in [-0.15, -0.1) is 0 Å². The smallest absolute Gasteiger partial charge is 0.122 e. The lowest BCUT2D eigenvalue weighted by Gasteiger charge is -2.26. The summed E-state index contributed by atoms with van der Waals surface area (Å²) in [4.78, 5) is 0. The first-order chi connectivity index (χ1) is 9.45. The molecule has 0 saturated heterocycles. The molecule has 3 heteroatoms. The van der Waals surface area contributed by atoms with Gasteiger partial charge in [0.1, 0.15) is 5.75 Å². The minimum atomic E-state index is -0.297. The molecular formula is C17H29NO2. The summed E-state index contributed by atoms with van der Waals surface area (Å²) in [6, 6.07) is 8.46. The summed E-state index contributed by atoms with van der Waals surface area (Å²) in [6.07, 6.45) is 0.612. The quantitative estimate of drug-likeness (QED) is 0.769. The minimum absolute atomic E-state index is 0.279. The Balaban J connectivity index is 2.67. The van der Waals surface area contributed by atoms with E-state index in [-0.39, 0.29) is 12.0 Å². The zero-order chi connectivity index (χ0) is 15.1. The molecule has 114 valence electrons. The van der Waals surface area contributed by atoms with Crippen molar-refractivity contribution in [3.63, 3.8) is 0 Å². The van der Waals surface area contributed by atoms with E-state index in [9.17, 15) is 5.11 Å². The van der Waals surface area contributed by atoms with Gasteiger partial charge in [-0.25, -0.2) is 0 Å². The Kier molecular flexibility index (Phi) is 7.03. The third-order valence-electron chi connectivity index (χ3n) is 3.80. The fraction of sp³-hybridized carbons (Fsp3) is 0.647. The molecule has 2 N–H and O–H groups in total. The molecule has 0 spiro atoms. The molecular weight excluding hydrogens is 250 g/mol. The Morgan fingerprint density at radius 3 is 2.30 bits per heavy atom. The second kappa shape index (κ2) is 8.28. The van der Waals surface area contributed by atoms with Crippen LogP contribution >= 0.6 is 0 Å². The molecule has 0 aliphatic heterocycles. The number of nitrogens with one attached hydrogen (secondary N) is 1. The molecule has 0 bridgehead atoms. The number of para-hydroxylation sites is 1. The van der Waals surface area contributed by atoms with Crippen LogP contribution in [0.1, 0.15) is 33.3 Å². The van der Waals surface area contributed by atoms with Crippen LogP contribution in [-0.2, 0) is 6.42 Å². The summed E-state index contributed by atoms with van der Waals surface area (Å²) in [5.41, 5.74) is 1.21. The summed E-state index contributed by atoms with van der Waals surface area (Å²) in [5.74, 6) is 1.71. The standard InChI is InChI=1S/C17H29NO2/c1-12(2)15(18-11-16(19)13(3)4)10-14-8-6-7-9-17(14)20-5/h6-9,12-13,15-16,18-19H,10-11H2,1-5H3. The number of ether oxygens (including phenoxy) is 1. The van der Waals surface area contributed by atoms with Gasteiger partial charge < -0.3 is 15.2 Å². The maximum absolute atomic E-state index is 9.94. The minimum Gasteiger partial charge on any atom is -0.496 e. The third kappa shape index (κ3) is 5.14. The number of aliphatic hydroxyl groups excluding tert-OH is 1. The van der Waals surface area contributed by atoms with Crippen molar-refractivity contribution >= 4 is 0 Å². The van der Waals surface area contributed by atoms with Gasteiger partial charge in [-0.05, 0) is 29.9 Å². The van der Waals surface area contributed by atoms with Gasteiger partial charge in [-0.1, -0.05) is 45.9 Å². The van der Waals surface area contributed by atoms with Gasteiger partial charge in [0.25, 0.3) is 0 Å². The molecule has 0 aliphatic rings. The van der Waals surface area contributed by atoms with Crippen LogP contribution in [-0.4, -0.2) is 30.9 Å². The first-order valence-electron chi connectivity index (χ1n) is 7.49. The average molecular weight is 279 g/mol. The molecule has 0 radical (unpaired) electrons. The predicted molar refractivity (Wildman–Crippen MR) is 84.2 cm³/mol. The van der Waals surface area contributed by atoms with Crippen LogP contribution in [0, 0.1) is 11.8 Å². The second-order valence-electron chi connectivity index (χ2n) is 6.09. The third-order valence-corrected chi connectivity index (χ3v) is 3.80. The van der Waals surface area contributed by atoms with Crippen LogP contribution in [0.2, 0.25) is 0 Å². The van der Waals surface area contributed by atoms with E-state index in [0.29, 0.717) is 18.5 Å². The van der Waals surface area contributed by atoms with E-state index in [1.165, 1.54) is 5.56 Å². The molecule has 20 heavy (non-hydrogen) atoms. The molecule has 0 saturated carbocycles. The topological polar surface area (TPSA) is 41.5 Å². The first-order valence-corrected chi connectivity index (χ1v) is 7.49. The van der Waals surface area contributed by atoms with Gasteiger partial charge in [-0.2, -0.15) is 0 Å². The number of hydrogen-bond acceptors (Lipinski definition) is 3. The molecule has 0 aliphatic carbocycles. The highest BCUT2D eigenvalue weighted by Gasteiger charge is 2.18. The van der Waals surface area contributed by atoms with Crippen LogP contribution in [0.4, 0.5) is 0 Å².